The van der Waals surface area contributed by atoms with Gasteiger partial charge < -0.3 is 24.3 Å². The number of rotatable bonds is 5. The van der Waals surface area contributed by atoms with Crippen molar-refractivity contribution < 1.29 is 28.5 Å². The monoisotopic (exact) mass is 410 g/mol. The molecule has 1 N–H and O–H groups in total. The highest BCUT2D eigenvalue weighted by Gasteiger charge is 2.37. The van der Waals surface area contributed by atoms with Crippen LogP contribution in [0.5, 0.6) is 17.2 Å². The molecule has 2 aliphatic rings. The topological polar surface area (TPSA) is 86.3 Å². The minimum Gasteiger partial charge on any atom is -0.493 e. The highest BCUT2D eigenvalue weighted by molar-refractivity contribution is 5.95. The standard InChI is InChI=1S/C22H22N2O6/c1-13-18(21(25)28-3)19(15-9-16(27-2)20-17(10-15)29-12-30-20)23-22(26)24(13)11-14-7-5-4-6-8-14/h4-10,19H,11-12H2,1-3H3,(H,23,26)/t19-/m0/s1. The Morgan fingerprint density at radius 2 is 1.97 bits per heavy atom. The van der Waals surface area contributed by atoms with Crippen LogP contribution in [-0.4, -0.2) is 37.9 Å². The lowest BCUT2D eigenvalue weighted by Crippen LogP contribution is -2.47. The van der Waals surface area contributed by atoms with Gasteiger partial charge in [0.15, 0.2) is 11.5 Å². The minimum absolute atomic E-state index is 0.0791. The van der Waals surface area contributed by atoms with Gasteiger partial charge in [-0.3, -0.25) is 4.90 Å². The summed E-state index contributed by atoms with van der Waals surface area (Å²) in [6.45, 7) is 2.15. The van der Waals surface area contributed by atoms with E-state index in [9.17, 15) is 9.59 Å². The lowest BCUT2D eigenvalue weighted by atomic mass is 9.94. The number of nitrogens with zero attached hydrogens (tertiary/aromatic N) is 1. The van der Waals surface area contributed by atoms with Crippen LogP contribution in [0.2, 0.25) is 0 Å². The summed E-state index contributed by atoms with van der Waals surface area (Å²) in [7, 11) is 2.84. The Kier molecular flexibility index (Phi) is 5.22. The number of carbonyl (C=O) groups excluding carboxylic acids is 2. The zero-order chi connectivity index (χ0) is 21.3. The van der Waals surface area contributed by atoms with E-state index in [4.69, 9.17) is 18.9 Å². The van der Waals surface area contributed by atoms with Crippen LogP contribution in [0.25, 0.3) is 0 Å². The van der Waals surface area contributed by atoms with E-state index in [2.05, 4.69) is 5.32 Å². The lowest BCUT2D eigenvalue weighted by molar-refractivity contribution is -0.136. The van der Waals surface area contributed by atoms with E-state index in [-0.39, 0.29) is 12.8 Å². The third-order valence-electron chi connectivity index (χ3n) is 5.20. The van der Waals surface area contributed by atoms with Gasteiger partial charge in [0.1, 0.15) is 0 Å². The number of nitrogens with one attached hydrogen (secondary N) is 1. The number of methoxy groups -OCH3 is 2. The number of amides is 2. The van der Waals surface area contributed by atoms with Crippen LogP contribution >= 0.6 is 0 Å². The van der Waals surface area contributed by atoms with E-state index in [1.165, 1.54) is 19.1 Å². The average molecular weight is 410 g/mol. The molecule has 4 rings (SSSR count). The Hall–Kier alpha value is -3.68. The second-order valence-corrected chi connectivity index (χ2v) is 6.90. The number of hydrogen-bond acceptors (Lipinski definition) is 6. The average Bonchev–Trinajstić information content (AvgIpc) is 3.24. The van der Waals surface area contributed by atoms with Gasteiger partial charge in [-0.15, -0.1) is 0 Å². The van der Waals surface area contributed by atoms with Gasteiger partial charge in [-0.25, -0.2) is 9.59 Å². The second-order valence-electron chi connectivity index (χ2n) is 6.90. The maximum Gasteiger partial charge on any atom is 0.337 e. The van der Waals surface area contributed by atoms with Crippen molar-refractivity contribution in [2.24, 2.45) is 0 Å². The Bertz CT molecular complexity index is 1020. The third kappa shape index (κ3) is 3.41. The molecule has 0 bridgehead atoms. The number of urea groups is 1. The van der Waals surface area contributed by atoms with Crippen molar-refractivity contribution in [3.05, 3.63) is 64.9 Å². The molecule has 2 aliphatic heterocycles. The van der Waals surface area contributed by atoms with E-state index in [1.54, 1.807) is 19.1 Å². The summed E-state index contributed by atoms with van der Waals surface area (Å²) in [5.41, 5.74) is 2.44. The minimum atomic E-state index is -0.722. The number of ether oxygens (including phenoxy) is 4. The molecule has 2 aromatic rings. The Morgan fingerprint density at radius 3 is 2.67 bits per heavy atom. The summed E-state index contributed by atoms with van der Waals surface area (Å²) in [4.78, 5) is 27.2. The van der Waals surface area contributed by atoms with Crippen LogP contribution in [-0.2, 0) is 16.1 Å². The molecule has 8 nitrogen and oxygen atoms in total. The molecule has 1 atom stereocenters. The van der Waals surface area contributed by atoms with E-state index in [1.807, 2.05) is 30.3 Å². The van der Waals surface area contributed by atoms with Crippen molar-refractivity contribution in [1.29, 1.82) is 0 Å². The quantitative estimate of drug-likeness (QED) is 0.763. The first kappa shape index (κ1) is 19.6. The van der Waals surface area contributed by atoms with Crippen LogP contribution in [0.15, 0.2) is 53.7 Å². The molecule has 2 amide bonds. The highest BCUT2D eigenvalue weighted by atomic mass is 16.7. The largest absolute Gasteiger partial charge is 0.493 e. The predicted octanol–water partition coefficient (Wildman–Crippen LogP) is 3.14. The molecule has 0 spiro atoms. The summed E-state index contributed by atoms with van der Waals surface area (Å²) in [5.74, 6) is 0.927. The van der Waals surface area contributed by atoms with Crippen LogP contribution in [0.1, 0.15) is 24.1 Å². The van der Waals surface area contributed by atoms with Crippen LogP contribution in [0.4, 0.5) is 4.79 Å². The van der Waals surface area contributed by atoms with E-state index >= 15 is 0 Å². The van der Waals surface area contributed by atoms with Crippen molar-refractivity contribution in [1.82, 2.24) is 10.2 Å². The van der Waals surface area contributed by atoms with Crippen LogP contribution in [0.3, 0.4) is 0 Å². The van der Waals surface area contributed by atoms with Gasteiger partial charge in [-0.1, -0.05) is 30.3 Å². The van der Waals surface area contributed by atoms with Crippen LogP contribution in [0, 0.1) is 0 Å². The number of carbonyl (C=O) groups is 2. The fraction of sp³-hybridized carbons (Fsp3) is 0.273. The maximum absolute atomic E-state index is 13.0. The van der Waals surface area contributed by atoms with Crippen LogP contribution < -0.4 is 19.5 Å². The highest BCUT2D eigenvalue weighted by Crippen LogP contribution is 2.44. The van der Waals surface area contributed by atoms with Gasteiger partial charge in [0, 0.05) is 5.70 Å². The number of benzene rings is 2. The first-order valence-corrected chi connectivity index (χ1v) is 9.42. The SMILES string of the molecule is COC(=O)C1=C(C)N(Cc2ccccc2)C(=O)N[C@H]1c1cc(OC)c2c(c1)OCO2. The molecular formula is C22H22N2O6. The molecule has 0 fully saturated rings. The van der Waals surface area contributed by atoms with Crippen molar-refractivity contribution >= 4 is 12.0 Å². The molecule has 2 aromatic carbocycles. The van der Waals surface area contributed by atoms with Crippen molar-refractivity contribution in [2.75, 3.05) is 21.0 Å². The summed E-state index contributed by atoms with van der Waals surface area (Å²) in [6, 6.07) is 12.0. The Labute approximate surface area is 174 Å². The first-order valence-electron chi connectivity index (χ1n) is 9.42. The van der Waals surface area contributed by atoms with Gasteiger partial charge in [0.2, 0.25) is 12.5 Å². The van der Waals surface area contributed by atoms with Crippen molar-refractivity contribution in [2.45, 2.75) is 19.5 Å². The number of allylic oxidation sites excluding steroid dienone is 1. The second kappa shape index (κ2) is 7.98. The van der Waals surface area contributed by atoms with Gasteiger partial charge in [-0.05, 0) is 30.2 Å². The number of fused-ring (bicyclic) bond motifs is 1. The zero-order valence-corrected chi connectivity index (χ0v) is 16.9. The number of hydrogen-bond donors (Lipinski definition) is 1. The molecule has 0 saturated carbocycles. The Balaban J connectivity index is 1.77. The van der Waals surface area contributed by atoms with Gasteiger partial charge >= 0.3 is 12.0 Å². The molecule has 0 aliphatic carbocycles. The van der Waals surface area contributed by atoms with Crippen molar-refractivity contribution in [3.63, 3.8) is 0 Å². The molecule has 156 valence electrons. The third-order valence-corrected chi connectivity index (χ3v) is 5.20. The first-order chi connectivity index (χ1) is 14.5. The normalized spacial score (nSPS) is 17.6. The summed E-state index contributed by atoms with van der Waals surface area (Å²) >= 11 is 0. The zero-order valence-electron chi connectivity index (χ0n) is 16.9. The molecular weight excluding hydrogens is 388 g/mol. The summed E-state index contributed by atoms with van der Waals surface area (Å²) < 4.78 is 21.4. The predicted molar refractivity (Wildman–Crippen MR) is 107 cm³/mol. The smallest absolute Gasteiger partial charge is 0.337 e. The lowest BCUT2D eigenvalue weighted by Gasteiger charge is -2.35. The molecule has 30 heavy (non-hydrogen) atoms. The fourth-order valence-electron chi connectivity index (χ4n) is 3.68. The van der Waals surface area contributed by atoms with Gasteiger partial charge in [0.05, 0.1) is 32.4 Å². The molecule has 0 saturated heterocycles. The molecule has 8 heteroatoms. The molecule has 0 aromatic heterocycles. The summed E-state index contributed by atoms with van der Waals surface area (Å²) in [5, 5.41) is 2.92. The Morgan fingerprint density at radius 1 is 1.20 bits per heavy atom. The van der Waals surface area contributed by atoms with E-state index < -0.39 is 12.0 Å². The summed E-state index contributed by atoms with van der Waals surface area (Å²) in [6.07, 6.45) is 0. The number of esters is 1. The van der Waals surface area contributed by atoms with Gasteiger partial charge in [-0.2, -0.15) is 0 Å². The molecule has 0 unspecified atom stereocenters. The van der Waals surface area contributed by atoms with E-state index in [0.717, 1.165) is 5.56 Å². The van der Waals surface area contributed by atoms with Gasteiger partial charge in [0.25, 0.3) is 0 Å². The van der Waals surface area contributed by atoms with Crippen molar-refractivity contribution in [3.8, 4) is 17.2 Å². The maximum atomic E-state index is 13.0. The van der Waals surface area contributed by atoms with E-state index in [0.29, 0.717) is 40.6 Å². The fourth-order valence-corrected chi connectivity index (χ4v) is 3.68. The molecule has 0 radical (unpaired) electrons. The molecule has 2 heterocycles.